The third-order valence-corrected chi connectivity index (χ3v) is 4.82. The van der Waals surface area contributed by atoms with Crippen LogP contribution in [0.3, 0.4) is 0 Å². The van der Waals surface area contributed by atoms with Gasteiger partial charge < -0.3 is 14.9 Å². The van der Waals surface area contributed by atoms with E-state index < -0.39 is 11.8 Å². The summed E-state index contributed by atoms with van der Waals surface area (Å²) < 4.78 is 11.2. The number of para-hydroxylation sites is 1. The number of hydrazone groups is 1. The highest BCUT2D eigenvalue weighted by molar-refractivity contribution is 7.80. The summed E-state index contributed by atoms with van der Waals surface area (Å²) in [6, 6.07) is 8.90. The Bertz CT molecular complexity index is 1030. The second kappa shape index (κ2) is 9.17. The highest BCUT2D eigenvalue weighted by Crippen LogP contribution is 2.38. The van der Waals surface area contributed by atoms with Crippen molar-refractivity contribution in [3.05, 3.63) is 53.0 Å². The number of nitrogens with one attached hydrogen (secondary N) is 3. The van der Waals surface area contributed by atoms with E-state index in [2.05, 4.69) is 35.2 Å². The first kappa shape index (κ1) is 22.3. The number of hydrogen-bond acceptors (Lipinski definition) is 6. The second-order valence-electron chi connectivity index (χ2n) is 8.01. The number of nitrogens with zero attached hydrogens (tertiary/aromatic N) is 1. The van der Waals surface area contributed by atoms with Crippen LogP contribution in [0.25, 0.3) is 0 Å². The van der Waals surface area contributed by atoms with E-state index >= 15 is 0 Å². The van der Waals surface area contributed by atoms with E-state index in [9.17, 15) is 9.59 Å². The summed E-state index contributed by atoms with van der Waals surface area (Å²) in [5.74, 6) is 0.240. The Morgan fingerprint density at radius 2 is 1.94 bits per heavy atom. The van der Waals surface area contributed by atoms with Crippen molar-refractivity contribution in [2.24, 2.45) is 16.3 Å². The van der Waals surface area contributed by atoms with Crippen molar-refractivity contribution in [3.8, 4) is 5.75 Å². The maximum Gasteiger partial charge on any atom is 0.305 e. The number of rotatable bonds is 5. The van der Waals surface area contributed by atoms with Crippen LogP contribution >= 0.6 is 12.2 Å². The lowest BCUT2D eigenvalue weighted by Gasteiger charge is -2.29. The molecule has 1 aliphatic rings. The number of hydrogen-bond donors (Lipinski definition) is 4. The summed E-state index contributed by atoms with van der Waals surface area (Å²) in [5.41, 5.74) is 14.8. The van der Waals surface area contributed by atoms with Crippen LogP contribution in [-0.4, -0.2) is 29.2 Å². The molecule has 0 unspecified atom stereocenters. The molecule has 10 heteroatoms. The maximum atomic E-state index is 12.6. The monoisotopic (exact) mass is 443 g/mol. The largest absolute Gasteiger partial charge is 0.484 e. The average molecular weight is 444 g/mol. The molecule has 31 heavy (non-hydrogen) atoms. The zero-order valence-electron chi connectivity index (χ0n) is 17.6. The number of amides is 2. The number of nitrogens with two attached hydrogens (primary N) is 1. The third kappa shape index (κ3) is 5.60. The number of thiocarbonyl (C=S) groups is 1. The predicted molar refractivity (Wildman–Crippen MR) is 120 cm³/mol. The van der Waals surface area contributed by atoms with Gasteiger partial charge in [0.05, 0.1) is 5.71 Å². The molecule has 2 amide bonds. The minimum atomic E-state index is -0.570. The highest BCUT2D eigenvalue weighted by atomic mass is 32.1. The van der Waals surface area contributed by atoms with Crippen LogP contribution in [0.2, 0.25) is 0 Å². The van der Waals surface area contributed by atoms with Gasteiger partial charge in [-0.05, 0) is 43.1 Å². The quantitative estimate of drug-likeness (QED) is 0.410. The number of hydrazine groups is 1. The van der Waals surface area contributed by atoms with Crippen molar-refractivity contribution in [1.29, 1.82) is 0 Å². The fraction of sp³-hybridized carbons (Fsp3) is 0.333. The Balaban J connectivity index is 1.69. The maximum absolute atomic E-state index is 12.6. The van der Waals surface area contributed by atoms with E-state index in [4.69, 9.17) is 27.1 Å². The van der Waals surface area contributed by atoms with Gasteiger partial charge in [-0.15, -0.1) is 0 Å². The molecular weight excluding hydrogens is 418 g/mol. The number of fused-ring (bicyclic) bond motifs is 1. The Kier molecular flexibility index (Phi) is 6.59. The van der Waals surface area contributed by atoms with Crippen LogP contribution in [0.5, 0.6) is 5.75 Å². The third-order valence-electron chi connectivity index (χ3n) is 4.73. The molecule has 9 nitrogen and oxygen atoms in total. The molecule has 0 spiro atoms. The van der Waals surface area contributed by atoms with Gasteiger partial charge in [0.25, 0.3) is 5.91 Å². The molecule has 5 N–H and O–H groups in total. The SMILES string of the molecule is Cc1c(C(=O)NNC(=O)COc2ccccc2)oc2c1/C(=N\NC(N)=S)CC(C)(C)C2. The van der Waals surface area contributed by atoms with Gasteiger partial charge in [0.1, 0.15) is 11.5 Å². The first-order valence-corrected chi connectivity index (χ1v) is 10.1. The molecule has 0 saturated heterocycles. The summed E-state index contributed by atoms with van der Waals surface area (Å²) in [6.07, 6.45) is 1.30. The summed E-state index contributed by atoms with van der Waals surface area (Å²) in [6.45, 7) is 5.69. The number of carbonyl (C=O) groups excluding carboxylic acids is 2. The zero-order valence-corrected chi connectivity index (χ0v) is 18.4. The van der Waals surface area contributed by atoms with Gasteiger partial charge in [0.2, 0.25) is 0 Å². The predicted octanol–water partition coefficient (Wildman–Crippen LogP) is 1.94. The van der Waals surface area contributed by atoms with Crippen LogP contribution in [0.15, 0.2) is 39.9 Å². The van der Waals surface area contributed by atoms with Gasteiger partial charge in [0.15, 0.2) is 17.5 Å². The van der Waals surface area contributed by atoms with E-state index in [-0.39, 0.29) is 22.9 Å². The molecule has 0 radical (unpaired) electrons. The number of benzene rings is 1. The van der Waals surface area contributed by atoms with Crippen molar-refractivity contribution in [1.82, 2.24) is 16.3 Å². The molecule has 164 valence electrons. The standard InChI is InChI=1S/C21H25N5O4S/c1-12-17-14(23-26-20(22)31)9-21(2,3)10-15(17)30-18(12)19(28)25-24-16(27)11-29-13-7-5-4-6-8-13/h4-8H,9-11H2,1-3H3,(H,24,27)(H,25,28)(H3,22,26,31)/b23-14-. The van der Waals surface area contributed by atoms with Gasteiger partial charge in [-0.1, -0.05) is 32.0 Å². The van der Waals surface area contributed by atoms with Gasteiger partial charge in [-0.2, -0.15) is 5.10 Å². The fourth-order valence-electron chi connectivity index (χ4n) is 3.43. The average Bonchev–Trinajstić information content (AvgIpc) is 3.04. The zero-order chi connectivity index (χ0) is 22.6. The normalized spacial score (nSPS) is 15.6. The van der Waals surface area contributed by atoms with Crippen molar-refractivity contribution in [2.45, 2.75) is 33.6 Å². The highest BCUT2D eigenvalue weighted by Gasteiger charge is 2.36. The van der Waals surface area contributed by atoms with Crippen LogP contribution in [-0.2, 0) is 11.2 Å². The summed E-state index contributed by atoms with van der Waals surface area (Å²) >= 11 is 4.83. The van der Waals surface area contributed by atoms with Crippen molar-refractivity contribution in [2.75, 3.05) is 6.61 Å². The lowest BCUT2D eigenvalue weighted by Crippen LogP contribution is -2.43. The Hall–Kier alpha value is -3.40. The molecule has 0 atom stereocenters. The van der Waals surface area contributed by atoms with Crippen molar-refractivity contribution >= 4 is 34.9 Å². The molecule has 0 saturated carbocycles. The van der Waals surface area contributed by atoms with E-state index in [1.165, 1.54) is 0 Å². The van der Waals surface area contributed by atoms with E-state index in [1.54, 1.807) is 31.2 Å². The molecule has 0 aliphatic heterocycles. The summed E-state index contributed by atoms with van der Waals surface area (Å²) in [5, 5.41) is 4.36. The van der Waals surface area contributed by atoms with E-state index in [0.717, 1.165) is 5.56 Å². The van der Waals surface area contributed by atoms with Gasteiger partial charge in [0, 0.05) is 17.5 Å². The topological polar surface area (TPSA) is 131 Å². The minimum Gasteiger partial charge on any atom is -0.484 e. The molecule has 1 heterocycles. The number of ether oxygens (including phenoxy) is 1. The summed E-state index contributed by atoms with van der Waals surface area (Å²) in [7, 11) is 0. The molecular formula is C21H25N5O4S. The lowest BCUT2D eigenvalue weighted by molar-refractivity contribution is -0.123. The number of carbonyl (C=O) groups is 2. The molecule has 3 rings (SSSR count). The molecule has 1 aromatic carbocycles. The molecule has 1 aliphatic carbocycles. The van der Waals surface area contributed by atoms with Crippen LogP contribution in [0.1, 0.15) is 47.7 Å². The van der Waals surface area contributed by atoms with Gasteiger partial charge >= 0.3 is 5.91 Å². The van der Waals surface area contributed by atoms with E-state index in [1.807, 2.05) is 6.07 Å². The van der Waals surface area contributed by atoms with Gasteiger partial charge in [-0.25, -0.2) is 0 Å². The van der Waals surface area contributed by atoms with Crippen molar-refractivity contribution in [3.63, 3.8) is 0 Å². The molecule has 0 bridgehead atoms. The molecule has 0 fully saturated rings. The van der Waals surface area contributed by atoms with Crippen LogP contribution in [0, 0.1) is 12.3 Å². The fourth-order valence-corrected chi connectivity index (χ4v) is 3.48. The Morgan fingerprint density at radius 3 is 2.61 bits per heavy atom. The number of furan rings is 1. The Labute approximate surface area is 185 Å². The van der Waals surface area contributed by atoms with E-state index in [0.29, 0.717) is 35.6 Å². The first-order chi connectivity index (χ1) is 14.7. The summed E-state index contributed by atoms with van der Waals surface area (Å²) in [4.78, 5) is 24.6. The van der Waals surface area contributed by atoms with Gasteiger partial charge in [-0.3, -0.25) is 25.9 Å². The van der Waals surface area contributed by atoms with Crippen LogP contribution in [0.4, 0.5) is 0 Å². The smallest absolute Gasteiger partial charge is 0.305 e. The molecule has 1 aromatic heterocycles. The second-order valence-corrected chi connectivity index (χ2v) is 8.45. The molecule has 2 aromatic rings. The minimum absolute atomic E-state index is 0.0528. The lowest BCUT2D eigenvalue weighted by atomic mass is 9.75. The first-order valence-electron chi connectivity index (χ1n) is 9.68. The Morgan fingerprint density at radius 1 is 1.23 bits per heavy atom. The van der Waals surface area contributed by atoms with Crippen molar-refractivity contribution < 1.29 is 18.7 Å². The van der Waals surface area contributed by atoms with Crippen LogP contribution < -0.4 is 26.7 Å².